The molecule has 0 fully saturated rings. The molecule has 8 nitrogen and oxygen atoms in total. The summed E-state index contributed by atoms with van der Waals surface area (Å²) in [5.41, 5.74) is 6.76. The van der Waals surface area contributed by atoms with Crippen molar-refractivity contribution in [1.29, 1.82) is 0 Å². The topological polar surface area (TPSA) is 107 Å². The summed E-state index contributed by atoms with van der Waals surface area (Å²) in [5.74, 6) is -0.251. The van der Waals surface area contributed by atoms with E-state index in [0.717, 1.165) is 12.1 Å². The minimum Gasteiger partial charge on any atom is -0.457 e. The second kappa shape index (κ2) is 9.41. The van der Waals surface area contributed by atoms with E-state index in [1.54, 1.807) is 48.7 Å². The molecule has 2 amide bonds. The number of nitrogens with zero attached hydrogens (tertiary/aromatic N) is 3. The first kappa shape index (κ1) is 23.7. The maximum Gasteiger partial charge on any atom is 0.324 e. The number of rotatable bonds is 5. The molecule has 0 saturated carbocycles. The summed E-state index contributed by atoms with van der Waals surface area (Å²) in [6.45, 7) is 5.87. The molecular formula is C25H24F2N6O2. The van der Waals surface area contributed by atoms with Crippen molar-refractivity contribution in [3.63, 3.8) is 0 Å². The number of nitrogens with two attached hydrogens (primary N) is 1. The lowest BCUT2D eigenvalue weighted by atomic mass is 9.92. The number of hydrogen-bond donors (Lipinski definition) is 3. The molecular weight excluding hydrogens is 454 g/mol. The average Bonchev–Trinajstić information content (AvgIpc) is 3.21. The number of aromatic nitrogens is 3. The van der Waals surface area contributed by atoms with Gasteiger partial charge in [0.25, 0.3) is 0 Å². The van der Waals surface area contributed by atoms with Crippen molar-refractivity contribution in [3.8, 4) is 17.2 Å². The Hall–Kier alpha value is -4.47. The summed E-state index contributed by atoms with van der Waals surface area (Å²) < 4.78 is 34.3. The normalized spacial score (nSPS) is 11.2. The molecule has 0 aliphatic heterocycles. The highest BCUT2D eigenvalue weighted by molar-refractivity contribution is 5.99. The number of nitrogens with one attached hydrogen (secondary N) is 2. The van der Waals surface area contributed by atoms with E-state index < -0.39 is 17.7 Å². The highest BCUT2D eigenvalue weighted by Gasteiger charge is 2.22. The van der Waals surface area contributed by atoms with E-state index in [1.165, 1.54) is 10.7 Å². The van der Waals surface area contributed by atoms with Crippen LogP contribution in [0.5, 0.6) is 11.5 Å². The summed E-state index contributed by atoms with van der Waals surface area (Å²) in [6, 6.07) is 14.6. The third kappa shape index (κ3) is 5.72. The van der Waals surface area contributed by atoms with Gasteiger partial charge in [-0.3, -0.25) is 5.32 Å². The van der Waals surface area contributed by atoms with Gasteiger partial charge in [0.2, 0.25) is 0 Å². The van der Waals surface area contributed by atoms with Gasteiger partial charge in [-0.2, -0.15) is 5.10 Å². The summed E-state index contributed by atoms with van der Waals surface area (Å²) in [7, 11) is 0. The minimum absolute atomic E-state index is 0.271. The number of pyridine rings is 1. The SMILES string of the molecule is CC(C)(C)c1cc(NC(=O)Nc2ccc(Oc3ccnc(N)c3)cc2)n(-c2ccc(F)c(F)c2)n1. The van der Waals surface area contributed by atoms with E-state index >= 15 is 0 Å². The predicted molar refractivity (Wildman–Crippen MR) is 130 cm³/mol. The Morgan fingerprint density at radius 2 is 1.69 bits per heavy atom. The smallest absolute Gasteiger partial charge is 0.324 e. The van der Waals surface area contributed by atoms with Gasteiger partial charge in [-0.15, -0.1) is 0 Å². The van der Waals surface area contributed by atoms with Gasteiger partial charge >= 0.3 is 6.03 Å². The number of benzene rings is 2. The zero-order chi connectivity index (χ0) is 25.2. The molecule has 0 bridgehead atoms. The first-order chi connectivity index (χ1) is 16.6. The highest BCUT2D eigenvalue weighted by atomic mass is 19.2. The molecule has 2 aromatic heterocycles. The second-order valence-corrected chi connectivity index (χ2v) is 8.80. The Balaban J connectivity index is 1.50. The molecule has 0 atom stereocenters. The fourth-order valence-corrected chi connectivity index (χ4v) is 3.16. The molecule has 180 valence electrons. The molecule has 0 radical (unpaired) electrons. The van der Waals surface area contributed by atoms with Gasteiger partial charge in [-0.05, 0) is 42.5 Å². The highest BCUT2D eigenvalue weighted by Crippen LogP contribution is 2.27. The zero-order valence-corrected chi connectivity index (χ0v) is 19.3. The lowest BCUT2D eigenvalue weighted by molar-refractivity contribution is 0.262. The fraction of sp³-hybridized carbons (Fsp3) is 0.160. The van der Waals surface area contributed by atoms with E-state index in [4.69, 9.17) is 10.5 Å². The largest absolute Gasteiger partial charge is 0.457 e. The maximum atomic E-state index is 13.8. The Bertz CT molecular complexity index is 1360. The third-order valence-electron chi connectivity index (χ3n) is 4.97. The van der Waals surface area contributed by atoms with Crippen LogP contribution in [0.25, 0.3) is 5.69 Å². The molecule has 10 heteroatoms. The summed E-state index contributed by atoms with van der Waals surface area (Å²) >= 11 is 0. The van der Waals surface area contributed by atoms with E-state index in [0.29, 0.717) is 34.5 Å². The number of ether oxygens (including phenoxy) is 1. The van der Waals surface area contributed by atoms with Gasteiger partial charge in [0, 0.05) is 35.5 Å². The molecule has 2 heterocycles. The van der Waals surface area contributed by atoms with Crippen LogP contribution >= 0.6 is 0 Å². The first-order valence-corrected chi connectivity index (χ1v) is 10.7. The molecule has 2 aromatic carbocycles. The Morgan fingerprint density at radius 1 is 0.943 bits per heavy atom. The fourth-order valence-electron chi connectivity index (χ4n) is 3.16. The van der Waals surface area contributed by atoms with Crippen LogP contribution in [0.2, 0.25) is 0 Å². The van der Waals surface area contributed by atoms with Gasteiger partial charge in [0.15, 0.2) is 11.6 Å². The Morgan fingerprint density at radius 3 is 2.34 bits per heavy atom. The molecule has 0 aliphatic carbocycles. The minimum atomic E-state index is -1.01. The van der Waals surface area contributed by atoms with Crippen LogP contribution in [0.3, 0.4) is 0 Å². The summed E-state index contributed by atoms with van der Waals surface area (Å²) in [5, 5.41) is 9.95. The second-order valence-electron chi connectivity index (χ2n) is 8.80. The molecule has 0 unspecified atom stereocenters. The van der Waals surface area contributed by atoms with Crippen LogP contribution < -0.4 is 21.1 Å². The number of carbonyl (C=O) groups excluding carboxylic acids is 1. The predicted octanol–water partition coefficient (Wildman–Crippen LogP) is 5.86. The van der Waals surface area contributed by atoms with Crippen LogP contribution in [0.15, 0.2) is 66.9 Å². The van der Waals surface area contributed by atoms with Gasteiger partial charge < -0.3 is 15.8 Å². The van der Waals surface area contributed by atoms with Crippen molar-refractivity contribution in [2.75, 3.05) is 16.4 Å². The molecule has 0 aliphatic rings. The van der Waals surface area contributed by atoms with Crippen molar-refractivity contribution in [2.45, 2.75) is 26.2 Å². The van der Waals surface area contributed by atoms with E-state index in [2.05, 4.69) is 20.7 Å². The molecule has 0 saturated heterocycles. The Kier molecular flexibility index (Phi) is 6.37. The first-order valence-electron chi connectivity index (χ1n) is 10.7. The molecule has 4 rings (SSSR count). The van der Waals surface area contributed by atoms with Gasteiger partial charge in [-0.25, -0.2) is 23.2 Å². The molecule has 35 heavy (non-hydrogen) atoms. The number of amides is 2. The quantitative estimate of drug-likeness (QED) is 0.333. The van der Waals surface area contributed by atoms with Crippen molar-refractivity contribution >= 4 is 23.4 Å². The van der Waals surface area contributed by atoms with Crippen LogP contribution in [0, 0.1) is 11.6 Å². The lowest BCUT2D eigenvalue weighted by Crippen LogP contribution is -2.21. The molecule has 4 N–H and O–H groups in total. The maximum absolute atomic E-state index is 13.8. The van der Waals surface area contributed by atoms with Crippen LogP contribution in [-0.4, -0.2) is 20.8 Å². The third-order valence-corrected chi connectivity index (χ3v) is 4.97. The van der Waals surface area contributed by atoms with Crippen molar-refractivity contribution in [2.24, 2.45) is 0 Å². The number of urea groups is 1. The van der Waals surface area contributed by atoms with Crippen LogP contribution in [0.1, 0.15) is 26.5 Å². The molecule has 0 spiro atoms. The summed E-state index contributed by atoms with van der Waals surface area (Å²) in [4.78, 5) is 16.6. The zero-order valence-electron chi connectivity index (χ0n) is 19.3. The lowest BCUT2D eigenvalue weighted by Gasteiger charge is -2.14. The number of hydrogen-bond acceptors (Lipinski definition) is 5. The van der Waals surface area contributed by atoms with Crippen molar-refractivity contribution in [3.05, 3.63) is 84.2 Å². The number of anilines is 3. The van der Waals surface area contributed by atoms with Crippen LogP contribution in [0.4, 0.5) is 30.9 Å². The van der Waals surface area contributed by atoms with Gasteiger partial charge in [0.1, 0.15) is 23.1 Å². The van der Waals surface area contributed by atoms with E-state index in [-0.39, 0.29) is 11.1 Å². The van der Waals surface area contributed by atoms with Crippen LogP contribution in [-0.2, 0) is 5.41 Å². The number of nitrogen functional groups attached to an aromatic ring is 1. The van der Waals surface area contributed by atoms with E-state index in [1.807, 2.05) is 20.8 Å². The number of halogens is 2. The number of carbonyl (C=O) groups is 1. The van der Waals surface area contributed by atoms with Gasteiger partial charge in [-0.1, -0.05) is 20.8 Å². The molecule has 4 aromatic rings. The van der Waals surface area contributed by atoms with E-state index in [9.17, 15) is 13.6 Å². The monoisotopic (exact) mass is 478 g/mol. The standard InChI is InChI=1S/C25H24F2N6O2/c1-25(2,3)21-14-23(33(32-21)16-6-9-19(26)20(27)12-16)31-24(34)30-15-4-7-17(8-5-15)35-18-10-11-29-22(28)13-18/h4-14H,1-3H3,(H2,28,29)(H2,30,31,34). The summed E-state index contributed by atoms with van der Waals surface area (Å²) in [6.07, 6.45) is 1.54. The Labute approximate surface area is 200 Å². The average molecular weight is 479 g/mol. The van der Waals surface area contributed by atoms with Gasteiger partial charge in [0.05, 0.1) is 11.4 Å². The van der Waals surface area contributed by atoms with Crippen molar-refractivity contribution in [1.82, 2.24) is 14.8 Å². The van der Waals surface area contributed by atoms with Crippen molar-refractivity contribution < 1.29 is 18.3 Å².